The lowest BCUT2D eigenvalue weighted by Gasteiger charge is -2.34. The molecular weight excluding hydrogens is 546 g/mol. The van der Waals surface area contributed by atoms with E-state index in [4.69, 9.17) is 11.6 Å². The summed E-state index contributed by atoms with van der Waals surface area (Å²) in [5.41, 5.74) is 3.03. The van der Waals surface area contributed by atoms with Gasteiger partial charge in [0.25, 0.3) is 10.0 Å². The molecule has 0 radical (unpaired) electrons. The smallest absolute Gasteiger partial charge is 0.264 e. The van der Waals surface area contributed by atoms with E-state index in [-0.39, 0.29) is 17.3 Å². The highest BCUT2D eigenvalue weighted by molar-refractivity contribution is 7.92. The minimum Gasteiger partial charge on any atom is -0.350 e. The molecule has 0 spiro atoms. The van der Waals surface area contributed by atoms with Gasteiger partial charge in [-0.25, -0.2) is 8.42 Å². The van der Waals surface area contributed by atoms with E-state index in [1.165, 1.54) is 17.0 Å². The quantitative estimate of drug-likeness (QED) is 0.345. The summed E-state index contributed by atoms with van der Waals surface area (Å²) in [5.74, 6) is -0.851. The monoisotopic (exact) mass is 583 g/mol. The number of hydrogen-bond acceptors (Lipinski definition) is 4. The molecule has 7 nitrogen and oxygen atoms in total. The second-order valence-corrected chi connectivity index (χ2v) is 13.3. The average molecular weight is 584 g/mol. The molecule has 40 heavy (non-hydrogen) atoms. The largest absolute Gasteiger partial charge is 0.350 e. The van der Waals surface area contributed by atoms with Crippen LogP contribution in [0, 0.1) is 20.8 Å². The highest BCUT2D eigenvalue weighted by atomic mass is 35.5. The maximum Gasteiger partial charge on any atom is 0.264 e. The molecule has 0 bridgehead atoms. The molecule has 1 N–H and O–H groups in total. The molecule has 3 aromatic carbocycles. The SMILES string of the molecule is Cc1ccc(S(=O)(=O)N(CC(=O)N(Cc2ccccc2C)C(C)C(=O)NC(C)(C)C)c2cccc(Cl)c2C)cc1. The van der Waals surface area contributed by atoms with Crippen molar-refractivity contribution in [1.82, 2.24) is 10.2 Å². The summed E-state index contributed by atoms with van der Waals surface area (Å²) in [6.45, 7) is 12.4. The number of carbonyl (C=O) groups is 2. The Balaban J connectivity index is 2.09. The van der Waals surface area contributed by atoms with Gasteiger partial charge in [-0.15, -0.1) is 0 Å². The molecule has 0 saturated carbocycles. The number of nitrogens with zero attached hydrogens (tertiary/aromatic N) is 2. The minimum absolute atomic E-state index is 0.0502. The van der Waals surface area contributed by atoms with Crippen molar-refractivity contribution < 1.29 is 18.0 Å². The third-order valence-electron chi connectivity index (χ3n) is 6.66. The van der Waals surface area contributed by atoms with Gasteiger partial charge in [0.2, 0.25) is 11.8 Å². The third kappa shape index (κ3) is 7.43. The normalized spacial score (nSPS) is 12.5. The van der Waals surface area contributed by atoms with Crippen molar-refractivity contribution in [1.29, 1.82) is 0 Å². The molecule has 9 heteroatoms. The molecule has 0 aliphatic carbocycles. The highest BCUT2D eigenvalue weighted by Crippen LogP contribution is 2.31. The maximum atomic E-state index is 14.1. The van der Waals surface area contributed by atoms with Crippen molar-refractivity contribution in [3.63, 3.8) is 0 Å². The van der Waals surface area contributed by atoms with E-state index in [0.717, 1.165) is 21.0 Å². The van der Waals surface area contributed by atoms with Crippen molar-refractivity contribution in [2.75, 3.05) is 10.8 Å². The van der Waals surface area contributed by atoms with Gasteiger partial charge in [-0.2, -0.15) is 0 Å². The molecule has 1 unspecified atom stereocenters. The lowest BCUT2D eigenvalue weighted by atomic mass is 10.1. The molecule has 1 atom stereocenters. The van der Waals surface area contributed by atoms with Crippen molar-refractivity contribution in [2.45, 2.75) is 71.5 Å². The van der Waals surface area contributed by atoms with E-state index < -0.39 is 34.1 Å². The zero-order chi connectivity index (χ0) is 29.8. The molecule has 0 fully saturated rings. The van der Waals surface area contributed by atoms with Crippen LogP contribution in [0.25, 0.3) is 0 Å². The molecule has 0 heterocycles. The fourth-order valence-electron chi connectivity index (χ4n) is 4.24. The fourth-order valence-corrected chi connectivity index (χ4v) is 5.89. The number of sulfonamides is 1. The Morgan fingerprint density at radius 1 is 0.925 bits per heavy atom. The predicted molar refractivity (Wildman–Crippen MR) is 161 cm³/mol. The summed E-state index contributed by atoms with van der Waals surface area (Å²) in [7, 11) is -4.17. The summed E-state index contributed by atoms with van der Waals surface area (Å²) in [6, 6.07) is 18.1. The van der Waals surface area contributed by atoms with Crippen molar-refractivity contribution in [2.24, 2.45) is 0 Å². The van der Waals surface area contributed by atoms with Gasteiger partial charge in [-0.05, 0) is 89.4 Å². The molecular formula is C31H38ClN3O4S. The van der Waals surface area contributed by atoms with Crippen LogP contribution in [0.3, 0.4) is 0 Å². The number of carbonyl (C=O) groups excluding carboxylic acids is 2. The van der Waals surface area contributed by atoms with Gasteiger partial charge in [0.05, 0.1) is 10.6 Å². The van der Waals surface area contributed by atoms with Gasteiger partial charge in [-0.3, -0.25) is 13.9 Å². The van der Waals surface area contributed by atoms with Crippen LogP contribution in [-0.4, -0.2) is 43.3 Å². The first-order valence-corrected chi connectivity index (χ1v) is 14.9. The summed E-state index contributed by atoms with van der Waals surface area (Å²) in [6.07, 6.45) is 0. The number of amides is 2. The average Bonchev–Trinajstić information content (AvgIpc) is 2.87. The zero-order valence-corrected chi connectivity index (χ0v) is 25.7. The summed E-state index contributed by atoms with van der Waals surface area (Å²) >= 11 is 6.38. The van der Waals surface area contributed by atoms with Crippen LogP contribution in [0.15, 0.2) is 71.6 Å². The number of aryl methyl sites for hydroxylation is 2. The van der Waals surface area contributed by atoms with E-state index >= 15 is 0 Å². The topological polar surface area (TPSA) is 86.8 Å². The molecule has 0 aliphatic rings. The van der Waals surface area contributed by atoms with Crippen molar-refractivity contribution >= 4 is 39.1 Å². The number of hydrogen-bond donors (Lipinski definition) is 1. The predicted octanol–water partition coefficient (Wildman–Crippen LogP) is 5.79. The van der Waals surface area contributed by atoms with Crippen LogP contribution >= 0.6 is 11.6 Å². The Morgan fingerprint density at radius 2 is 1.55 bits per heavy atom. The van der Waals surface area contributed by atoms with E-state index in [1.807, 2.05) is 58.9 Å². The van der Waals surface area contributed by atoms with Crippen LogP contribution in [0.4, 0.5) is 5.69 Å². The Bertz CT molecular complexity index is 1480. The van der Waals surface area contributed by atoms with Crippen LogP contribution in [-0.2, 0) is 26.2 Å². The van der Waals surface area contributed by atoms with Gasteiger partial charge < -0.3 is 10.2 Å². The molecule has 3 rings (SSSR count). The molecule has 3 aromatic rings. The molecule has 2 amide bonds. The third-order valence-corrected chi connectivity index (χ3v) is 8.85. The van der Waals surface area contributed by atoms with E-state index in [1.54, 1.807) is 44.2 Å². The molecule has 0 aliphatic heterocycles. The Kier molecular flexibility index (Phi) is 9.69. The number of halogens is 1. The lowest BCUT2D eigenvalue weighted by molar-refractivity contribution is -0.140. The highest BCUT2D eigenvalue weighted by Gasteiger charge is 2.34. The minimum atomic E-state index is -4.17. The zero-order valence-electron chi connectivity index (χ0n) is 24.2. The summed E-state index contributed by atoms with van der Waals surface area (Å²) in [4.78, 5) is 28.8. The first kappa shape index (κ1) is 31.2. The fraction of sp³-hybridized carbons (Fsp3) is 0.355. The molecule has 0 aromatic heterocycles. The van der Waals surface area contributed by atoms with Crippen molar-refractivity contribution in [3.8, 4) is 0 Å². The molecule has 214 valence electrons. The van der Waals surface area contributed by atoms with Gasteiger partial charge in [-0.1, -0.05) is 59.6 Å². The number of nitrogens with one attached hydrogen (secondary N) is 1. The number of rotatable bonds is 9. The summed E-state index contributed by atoms with van der Waals surface area (Å²) < 4.78 is 29.1. The van der Waals surface area contributed by atoms with Crippen LogP contribution in [0.2, 0.25) is 5.02 Å². The van der Waals surface area contributed by atoms with Gasteiger partial charge in [0, 0.05) is 17.1 Å². The van der Waals surface area contributed by atoms with E-state index in [9.17, 15) is 18.0 Å². The lowest BCUT2D eigenvalue weighted by Crippen LogP contribution is -2.54. The number of benzene rings is 3. The maximum absolute atomic E-state index is 14.1. The van der Waals surface area contributed by atoms with Gasteiger partial charge >= 0.3 is 0 Å². The van der Waals surface area contributed by atoms with Crippen LogP contribution in [0.1, 0.15) is 49.9 Å². The Labute approximate surface area is 243 Å². The second-order valence-electron chi connectivity index (χ2n) is 11.1. The Hall–Kier alpha value is -3.36. The first-order chi connectivity index (χ1) is 18.6. The van der Waals surface area contributed by atoms with E-state index in [0.29, 0.717) is 16.3 Å². The number of anilines is 1. The summed E-state index contributed by atoms with van der Waals surface area (Å²) in [5, 5.41) is 3.31. The van der Waals surface area contributed by atoms with Gasteiger partial charge in [0.1, 0.15) is 12.6 Å². The van der Waals surface area contributed by atoms with Crippen molar-refractivity contribution in [3.05, 3.63) is 94.0 Å². The standard InChI is InChI=1S/C31H38ClN3O4S/c1-21-15-17-26(18-16-21)40(38,39)35(28-14-10-13-27(32)23(28)3)20-29(36)34(19-25-12-9-8-11-22(25)2)24(4)30(37)33-31(5,6)7/h8-18,24H,19-20H2,1-7H3,(H,33,37). The second kappa shape index (κ2) is 12.4. The molecule has 0 saturated heterocycles. The van der Waals surface area contributed by atoms with Crippen LogP contribution < -0.4 is 9.62 Å². The van der Waals surface area contributed by atoms with Gasteiger partial charge in [0.15, 0.2) is 0 Å². The Morgan fingerprint density at radius 3 is 2.15 bits per heavy atom. The first-order valence-electron chi connectivity index (χ1n) is 13.1. The van der Waals surface area contributed by atoms with Crippen LogP contribution in [0.5, 0.6) is 0 Å². The van der Waals surface area contributed by atoms with E-state index in [2.05, 4.69) is 5.32 Å².